The van der Waals surface area contributed by atoms with Gasteiger partial charge in [-0.2, -0.15) is 13.2 Å². The van der Waals surface area contributed by atoms with Gasteiger partial charge in [0, 0.05) is 6.54 Å². The Kier molecular flexibility index (Phi) is 3.71. The lowest BCUT2D eigenvalue weighted by molar-refractivity contribution is -0.167. The van der Waals surface area contributed by atoms with Crippen LogP contribution in [-0.2, 0) is 4.79 Å². The lowest BCUT2D eigenvalue weighted by Crippen LogP contribution is -2.32. The topological polar surface area (TPSA) is 66.5 Å². The number of imide groups is 1. The van der Waals surface area contributed by atoms with Gasteiger partial charge in [-0.25, -0.2) is 0 Å². The predicted octanol–water partition coefficient (Wildman–Crippen LogP) is 2.19. The van der Waals surface area contributed by atoms with Gasteiger partial charge in [0.05, 0.1) is 16.8 Å². The molecule has 0 bridgehead atoms. The maximum atomic E-state index is 12.3. The molecule has 1 N–H and O–H groups in total. The van der Waals surface area contributed by atoms with Crippen LogP contribution >= 0.6 is 0 Å². The van der Waals surface area contributed by atoms with Crippen LogP contribution in [0.25, 0.3) is 0 Å². The molecule has 21 heavy (non-hydrogen) atoms. The summed E-state index contributed by atoms with van der Waals surface area (Å²) < 4.78 is 36.9. The zero-order valence-corrected chi connectivity index (χ0v) is 11.0. The Morgan fingerprint density at radius 3 is 2.48 bits per heavy atom. The maximum absolute atomic E-state index is 12.3. The van der Waals surface area contributed by atoms with Gasteiger partial charge in [0.25, 0.3) is 11.8 Å². The molecule has 0 aliphatic carbocycles. The molecule has 5 nitrogen and oxygen atoms in total. The SMILES string of the molecule is CCCN1C(=O)c2cccc(NC(=O)C(F)(F)F)c2C1=O. The first-order valence-corrected chi connectivity index (χ1v) is 6.14. The van der Waals surface area contributed by atoms with E-state index in [-0.39, 0.29) is 23.4 Å². The van der Waals surface area contributed by atoms with E-state index in [2.05, 4.69) is 0 Å². The fraction of sp³-hybridized carbons (Fsp3) is 0.308. The third-order valence-electron chi connectivity index (χ3n) is 2.95. The molecular formula is C13H11F3N2O3. The summed E-state index contributed by atoms with van der Waals surface area (Å²) in [6, 6.07) is 3.81. The highest BCUT2D eigenvalue weighted by atomic mass is 19.4. The lowest BCUT2D eigenvalue weighted by atomic mass is 10.1. The van der Waals surface area contributed by atoms with Gasteiger partial charge in [-0.15, -0.1) is 0 Å². The molecule has 1 aliphatic rings. The smallest absolute Gasteiger partial charge is 0.317 e. The van der Waals surface area contributed by atoms with E-state index >= 15 is 0 Å². The molecule has 0 radical (unpaired) electrons. The first-order chi connectivity index (χ1) is 9.77. The molecular weight excluding hydrogens is 289 g/mol. The van der Waals surface area contributed by atoms with Crippen molar-refractivity contribution in [3.8, 4) is 0 Å². The molecule has 2 rings (SSSR count). The van der Waals surface area contributed by atoms with Crippen molar-refractivity contribution in [2.24, 2.45) is 0 Å². The van der Waals surface area contributed by atoms with Gasteiger partial charge in [0.2, 0.25) is 0 Å². The van der Waals surface area contributed by atoms with Gasteiger partial charge >= 0.3 is 12.1 Å². The van der Waals surface area contributed by atoms with E-state index in [4.69, 9.17) is 0 Å². The number of fused-ring (bicyclic) bond motifs is 1. The highest BCUT2D eigenvalue weighted by Gasteiger charge is 2.41. The molecule has 0 aromatic heterocycles. The number of benzene rings is 1. The number of amides is 3. The molecule has 0 saturated heterocycles. The van der Waals surface area contributed by atoms with Gasteiger partial charge in [-0.3, -0.25) is 19.3 Å². The molecule has 0 spiro atoms. The molecule has 112 valence electrons. The minimum Gasteiger partial charge on any atom is -0.317 e. The molecule has 0 unspecified atom stereocenters. The first kappa shape index (κ1) is 15.0. The average Bonchev–Trinajstić information content (AvgIpc) is 2.64. The second kappa shape index (κ2) is 5.19. The molecule has 1 aromatic carbocycles. The number of nitrogens with zero attached hydrogens (tertiary/aromatic N) is 1. The minimum atomic E-state index is -5.07. The molecule has 1 heterocycles. The van der Waals surface area contributed by atoms with Crippen LogP contribution in [0.15, 0.2) is 18.2 Å². The zero-order valence-electron chi connectivity index (χ0n) is 11.0. The third kappa shape index (κ3) is 2.61. The first-order valence-electron chi connectivity index (χ1n) is 6.14. The van der Waals surface area contributed by atoms with Gasteiger partial charge in [0.15, 0.2) is 0 Å². The normalized spacial score (nSPS) is 14.4. The van der Waals surface area contributed by atoms with Crippen LogP contribution in [0.2, 0.25) is 0 Å². The summed E-state index contributed by atoms with van der Waals surface area (Å²) in [6.07, 6.45) is -4.55. The van der Waals surface area contributed by atoms with Crippen molar-refractivity contribution in [2.75, 3.05) is 11.9 Å². The number of hydrogen-bond acceptors (Lipinski definition) is 3. The molecule has 0 atom stereocenters. The Balaban J connectivity index is 2.40. The predicted molar refractivity (Wildman–Crippen MR) is 66.8 cm³/mol. The summed E-state index contributed by atoms with van der Waals surface area (Å²) in [5.41, 5.74) is -0.520. The van der Waals surface area contributed by atoms with Gasteiger partial charge in [0.1, 0.15) is 0 Å². The van der Waals surface area contributed by atoms with Crippen LogP contribution in [0, 0.1) is 0 Å². The summed E-state index contributed by atoms with van der Waals surface area (Å²) in [5.74, 6) is -3.46. The number of halogens is 3. The van der Waals surface area contributed by atoms with E-state index in [1.54, 1.807) is 12.2 Å². The van der Waals surface area contributed by atoms with Crippen LogP contribution in [-0.4, -0.2) is 35.3 Å². The zero-order chi connectivity index (χ0) is 15.8. The van der Waals surface area contributed by atoms with Crippen molar-refractivity contribution in [1.29, 1.82) is 0 Å². The van der Waals surface area contributed by atoms with Crippen molar-refractivity contribution in [3.05, 3.63) is 29.3 Å². The summed E-state index contributed by atoms with van der Waals surface area (Å²) in [5, 5.41) is 1.63. The largest absolute Gasteiger partial charge is 0.471 e. The van der Waals surface area contributed by atoms with Gasteiger partial charge in [-0.05, 0) is 18.6 Å². The van der Waals surface area contributed by atoms with Crippen molar-refractivity contribution in [2.45, 2.75) is 19.5 Å². The standard InChI is InChI=1S/C13H11F3N2O3/c1-2-6-18-10(19)7-4-3-5-8(9(7)11(18)20)17-12(21)13(14,15)16/h3-5H,2,6H2,1H3,(H,17,21). The number of nitrogens with one attached hydrogen (secondary N) is 1. The Hall–Kier alpha value is -2.38. The number of anilines is 1. The molecule has 1 aromatic rings. The molecule has 1 aliphatic heterocycles. The third-order valence-corrected chi connectivity index (χ3v) is 2.95. The van der Waals surface area contributed by atoms with E-state index in [1.807, 2.05) is 0 Å². The molecule has 8 heteroatoms. The Morgan fingerprint density at radius 2 is 1.90 bits per heavy atom. The second-order valence-corrected chi connectivity index (χ2v) is 4.44. The van der Waals surface area contributed by atoms with Gasteiger partial charge < -0.3 is 5.32 Å². The van der Waals surface area contributed by atoms with Crippen LogP contribution in [0.1, 0.15) is 34.1 Å². The second-order valence-electron chi connectivity index (χ2n) is 4.44. The highest BCUT2D eigenvalue weighted by molar-refractivity contribution is 6.24. The van der Waals surface area contributed by atoms with Crippen molar-refractivity contribution >= 4 is 23.4 Å². The summed E-state index contributed by atoms with van der Waals surface area (Å²) in [6.45, 7) is 1.93. The minimum absolute atomic E-state index is 0.00609. The quantitative estimate of drug-likeness (QED) is 0.870. The summed E-state index contributed by atoms with van der Waals surface area (Å²) in [7, 11) is 0. The average molecular weight is 300 g/mol. The fourth-order valence-corrected chi connectivity index (χ4v) is 2.06. The van der Waals surface area contributed by atoms with Gasteiger partial charge in [-0.1, -0.05) is 13.0 Å². The Labute approximate surface area is 117 Å². The van der Waals surface area contributed by atoms with Crippen LogP contribution < -0.4 is 5.32 Å². The number of rotatable bonds is 3. The number of alkyl halides is 3. The number of carbonyl (C=O) groups excluding carboxylic acids is 3. The van der Waals surface area contributed by atoms with E-state index in [0.717, 1.165) is 11.0 Å². The highest BCUT2D eigenvalue weighted by Crippen LogP contribution is 2.30. The van der Waals surface area contributed by atoms with E-state index < -0.39 is 23.9 Å². The fourth-order valence-electron chi connectivity index (χ4n) is 2.06. The van der Waals surface area contributed by atoms with E-state index in [9.17, 15) is 27.6 Å². The summed E-state index contributed by atoms with van der Waals surface area (Å²) in [4.78, 5) is 36.1. The number of hydrogen-bond donors (Lipinski definition) is 1. The van der Waals surface area contributed by atoms with Crippen LogP contribution in [0.5, 0.6) is 0 Å². The van der Waals surface area contributed by atoms with Crippen LogP contribution in [0.4, 0.5) is 18.9 Å². The Morgan fingerprint density at radius 1 is 1.24 bits per heavy atom. The molecule has 3 amide bonds. The lowest BCUT2D eigenvalue weighted by Gasteiger charge is -2.12. The van der Waals surface area contributed by atoms with E-state index in [0.29, 0.717) is 6.42 Å². The van der Waals surface area contributed by atoms with Crippen molar-refractivity contribution in [1.82, 2.24) is 4.90 Å². The molecule has 0 fully saturated rings. The van der Waals surface area contributed by atoms with Crippen LogP contribution in [0.3, 0.4) is 0 Å². The van der Waals surface area contributed by atoms with Crippen molar-refractivity contribution < 1.29 is 27.6 Å². The number of carbonyl (C=O) groups is 3. The maximum Gasteiger partial charge on any atom is 0.471 e. The van der Waals surface area contributed by atoms with E-state index in [1.165, 1.54) is 12.1 Å². The van der Waals surface area contributed by atoms with Crippen molar-refractivity contribution in [3.63, 3.8) is 0 Å². The monoisotopic (exact) mass is 300 g/mol. The summed E-state index contributed by atoms with van der Waals surface area (Å²) >= 11 is 0. The molecule has 0 saturated carbocycles. The Bertz CT molecular complexity index is 626.